The van der Waals surface area contributed by atoms with E-state index in [1.54, 1.807) is 7.05 Å². The molecule has 0 saturated carbocycles. The van der Waals surface area contributed by atoms with Crippen LogP contribution in [0.5, 0.6) is 0 Å². The summed E-state index contributed by atoms with van der Waals surface area (Å²) in [6.45, 7) is 2.09. The van der Waals surface area contributed by atoms with E-state index in [2.05, 4.69) is 34.8 Å². The lowest BCUT2D eigenvalue weighted by molar-refractivity contribution is 0.643. The second kappa shape index (κ2) is 6.03. The molecule has 0 aliphatic heterocycles. The molecule has 4 nitrogen and oxygen atoms in total. The van der Waals surface area contributed by atoms with E-state index in [1.807, 2.05) is 18.2 Å². The number of hydrazine groups is 1. The van der Waals surface area contributed by atoms with E-state index in [4.69, 9.17) is 5.84 Å². The van der Waals surface area contributed by atoms with Crippen molar-refractivity contribution in [2.24, 2.45) is 10.8 Å². The van der Waals surface area contributed by atoms with Crippen LogP contribution in [0.3, 0.4) is 0 Å². The second-order valence-corrected chi connectivity index (χ2v) is 3.45. The first-order chi connectivity index (χ1) is 7.26. The van der Waals surface area contributed by atoms with Gasteiger partial charge in [0.15, 0.2) is 0 Å². The third kappa shape index (κ3) is 3.99. The predicted molar refractivity (Wildman–Crippen MR) is 63.4 cm³/mol. The Hall–Kier alpha value is -1.55. The van der Waals surface area contributed by atoms with Crippen LogP contribution in [0.15, 0.2) is 35.3 Å². The number of hydrogen-bond donors (Lipinski definition) is 3. The third-order valence-corrected chi connectivity index (χ3v) is 2.13. The maximum Gasteiger partial charge on any atom is 0.205 e. The van der Waals surface area contributed by atoms with Crippen LogP contribution in [-0.4, -0.2) is 19.0 Å². The summed E-state index contributed by atoms with van der Waals surface area (Å²) in [6.07, 6.45) is 0.946. The summed E-state index contributed by atoms with van der Waals surface area (Å²) in [7, 11) is 1.69. The molecule has 0 fully saturated rings. The van der Waals surface area contributed by atoms with Crippen LogP contribution >= 0.6 is 0 Å². The summed E-state index contributed by atoms with van der Waals surface area (Å²) >= 11 is 0. The first-order valence-corrected chi connectivity index (χ1v) is 5.00. The normalized spacial score (nSPS) is 13.4. The van der Waals surface area contributed by atoms with E-state index in [1.165, 1.54) is 5.56 Å². The van der Waals surface area contributed by atoms with Gasteiger partial charge in [-0.05, 0) is 18.9 Å². The average Bonchev–Trinajstić information content (AvgIpc) is 2.27. The van der Waals surface area contributed by atoms with Crippen LogP contribution < -0.4 is 16.6 Å². The van der Waals surface area contributed by atoms with Crippen LogP contribution in [0.1, 0.15) is 12.5 Å². The SMILES string of the molecule is CN=C(NN)NC(C)Cc1ccccc1. The standard InChI is InChI=1S/C11H18N4/c1-9(14-11(13-2)15-12)8-10-6-4-3-5-7-10/h3-7,9H,8,12H2,1-2H3,(H2,13,14,15). The zero-order valence-corrected chi connectivity index (χ0v) is 9.20. The van der Waals surface area contributed by atoms with E-state index in [0.717, 1.165) is 6.42 Å². The molecule has 0 heterocycles. The molecule has 0 aliphatic carbocycles. The zero-order valence-electron chi connectivity index (χ0n) is 9.20. The highest BCUT2D eigenvalue weighted by Crippen LogP contribution is 2.02. The topological polar surface area (TPSA) is 62.4 Å². The molecule has 0 aromatic heterocycles. The van der Waals surface area contributed by atoms with E-state index >= 15 is 0 Å². The summed E-state index contributed by atoms with van der Waals surface area (Å²) < 4.78 is 0. The van der Waals surface area contributed by atoms with Crippen molar-refractivity contribution in [3.05, 3.63) is 35.9 Å². The fourth-order valence-corrected chi connectivity index (χ4v) is 1.42. The van der Waals surface area contributed by atoms with Crippen LogP contribution in [0, 0.1) is 0 Å². The molecule has 0 saturated heterocycles. The minimum absolute atomic E-state index is 0.294. The number of nitrogens with one attached hydrogen (secondary N) is 2. The van der Waals surface area contributed by atoms with Gasteiger partial charge in [0.25, 0.3) is 0 Å². The molecule has 1 unspecified atom stereocenters. The molecular weight excluding hydrogens is 188 g/mol. The molecular formula is C11H18N4. The first kappa shape index (κ1) is 11.5. The molecule has 0 aliphatic rings. The van der Waals surface area contributed by atoms with Crippen molar-refractivity contribution in [3.8, 4) is 0 Å². The van der Waals surface area contributed by atoms with Crippen molar-refractivity contribution in [3.63, 3.8) is 0 Å². The molecule has 0 amide bonds. The van der Waals surface area contributed by atoms with E-state index in [-0.39, 0.29) is 0 Å². The molecule has 4 heteroatoms. The smallest absolute Gasteiger partial charge is 0.205 e. The van der Waals surface area contributed by atoms with Gasteiger partial charge in [-0.25, -0.2) is 5.84 Å². The van der Waals surface area contributed by atoms with Gasteiger partial charge in [0.05, 0.1) is 0 Å². The molecule has 0 spiro atoms. The monoisotopic (exact) mass is 206 g/mol. The van der Waals surface area contributed by atoms with Crippen molar-refractivity contribution >= 4 is 5.96 Å². The number of guanidine groups is 1. The molecule has 0 bridgehead atoms. The van der Waals surface area contributed by atoms with Gasteiger partial charge in [-0.15, -0.1) is 0 Å². The Morgan fingerprint density at radius 3 is 2.60 bits per heavy atom. The van der Waals surface area contributed by atoms with Crippen LogP contribution in [0.25, 0.3) is 0 Å². The summed E-state index contributed by atoms with van der Waals surface area (Å²) in [4.78, 5) is 3.96. The molecule has 82 valence electrons. The summed E-state index contributed by atoms with van der Waals surface area (Å²) in [5.41, 5.74) is 3.80. The Morgan fingerprint density at radius 2 is 2.07 bits per heavy atom. The van der Waals surface area contributed by atoms with Crippen LogP contribution in [0.4, 0.5) is 0 Å². The number of rotatable bonds is 3. The maximum absolute atomic E-state index is 5.28. The molecule has 1 atom stereocenters. The minimum atomic E-state index is 0.294. The van der Waals surface area contributed by atoms with Crippen molar-refractivity contribution in [1.29, 1.82) is 0 Å². The molecule has 15 heavy (non-hydrogen) atoms. The second-order valence-electron chi connectivity index (χ2n) is 3.45. The van der Waals surface area contributed by atoms with Gasteiger partial charge in [0, 0.05) is 13.1 Å². The Bertz CT molecular complexity index is 308. The van der Waals surface area contributed by atoms with Crippen LogP contribution in [-0.2, 0) is 6.42 Å². The van der Waals surface area contributed by atoms with Gasteiger partial charge in [-0.3, -0.25) is 10.4 Å². The van der Waals surface area contributed by atoms with Crippen molar-refractivity contribution in [2.45, 2.75) is 19.4 Å². The summed E-state index contributed by atoms with van der Waals surface area (Å²) in [5.74, 6) is 5.89. The lowest BCUT2D eigenvalue weighted by atomic mass is 10.1. The summed E-state index contributed by atoms with van der Waals surface area (Å²) in [5, 5.41) is 3.18. The highest BCUT2D eigenvalue weighted by molar-refractivity contribution is 5.79. The van der Waals surface area contributed by atoms with Crippen molar-refractivity contribution in [2.75, 3.05) is 7.05 Å². The Labute approximate surface area is 90.6 Å². The van der Waals surface area contributed by atoms with Gasteiger partial charge in [-0.1, -0.05) is 30.3 Å². The molecule has 1 aromatic carbocycles. The van der Waals surface area contributed by atoms with Gasteiger partial charge in [0.1, 0.15) is 0 Å². The molecule has 0 radical (unpaired) electrons. The largest absolute Gasteiger partial charge is 0.353 e. The highest BCUT2D eigenvalue weighted by Gasteiger charge is 2.04. The van der Waals surface area contributed by atoms with Crippen molar-refractivity contribution in [1.82, 2.24) is 10.7 Å². The third-order valence-electron chi connectivity index (χ3n) is 2.13. The lowest BCUT2D eigenvalue weighted by Gasteiger charge is -2.15. The first-order valence-electron chi connectivity index (χ1n) is 5.00. The number of aliphatic imine (C=N–C) groups is 1. The van der Waals surface area contributed by atoms with Gasteiger partial charge < -0.3 is 5.32 Å². The number of nitrogens with zero attached hydrogens (tertiary/aromatic N) is 1. The van der Waals surface area contributed by atoms with Gasteiger partial charge in [0.2, 0.25) is 5.96 Å². The Morgan fingerprint density at radius 1 is 1.40 bits per heavy atom. The van der Waals surface area contributed by atoms with E-state index < -0.39 is 0 Å². The van der Waals surface area contributed by atoms with E-state index in [0.29, 0.717) is 12.0 Å². The average molecular weight is 206 g/mol. The molecule has 1 aromatic rings. The molecule has 4 N–H and O–H groups in total. The number of benzene rings is 1. The van der Waals surface area contributed by atoms with Crippen molar-refractivity contribution < 1.29 is 0 Å². The maximum atomic E-state index is 5.28. The fourth-order valence-electron chi connectivity index (χ4n) is 1.42. The fraction of sp³-hybridized carbons (Fsp3) is 0.364. The highest BCUT2D eigenvalue weighted by atomic mass is 15.3. The Balaban J connectivity index is 2.46. The van der Waals surface area contributed by atoms with Gasteiger partial charge >= 0.3 is 0 Å². The quantitative estimate of drug-likeness (QED) is 0.294. The minimum Gasteiger partial charge on any atom is -0.353 e. The zero-order chi connectivity index (χ0) is 11.1. The van der Waals surface area contributed by atoms with Crippen LogP contribution in [0.2, 0.25) is 0 Å². The predicted octanol–water partition coefficient (Wildman–Crippen LogP) is 0.656. The Kier molecular flexibility index (Phi) is 4.63. The van der Waals surface area contributed by atoms with Gasteiger partial charge in [-0.2, -0.15) is 0 Å². The summed E-state index contributed by atoms with van der Waals surface area (Å²) in [6, 6.07) is 10.6. The lowest BCUT2D eigenvalue weighted by Crippen LogP contribution is -2.46. The van der Waals surface area contributed by atoms with E-state index in [9.17, 15) is 0 Å². The number of nitrogens with two attached hydrogens (primary N) is 1. The number of hydrogen-bond acceptors (Lipinski definition) is 2. The molecule has 1 rings (SSSR count).